The van der Waals surface area contributed by atoms with Gasteiger partial charge < -0.3 is 9.32 Å². The molecule has 0 atom stereocenters. The topological polar surface area (TPSA) is 103 Å². The second-order valence-electron chi connectivity index (χ2n) is 7.28. The maximum absolute atomic E-state index is 12.9. The number of carbonyl (C=O) groups excluding carboxylic acids is 1. The molecule has 1 aliphatic rings. The lowest BCUT2D eigenvalue weighted by Crippen LogP contribution is -2.33. The third-order valence-corrected chi connectivity index (χ3v) is 6.86. The third-order valence-electron chi connectivity index (χ3n) is 5.08. The van der Waals surface area contributed by atoms with Crippen LogP contribution in [0, 0.1) is 0 Å². The molecule has 0 spiro atoms. The molecular formula is C19H25N7O2S2. The van der Waals surface area contributed by atoms with Crippen molar-refractivity contribution in [3.8, 4) is 10.8 Å². The SMILES string of the molecule is CCCN(Cc1nnc(-c2cccs2)o1)C(=O)CSc1nnnn1C1CCCCC1. The Kier molecular flexibility index (Phi) is 7.11. The van der Waals surface area contributed by atoms with E-state index in [9.17, 15) is 4.79 Å². The number of tetrazole rings is 1. The Morgan fingerprint density at radius 2 is 2.17 bits per heavy atom. The normalized spacial score (nSPS) is 14.8. The molecule has 1 aliphatic carbocycles. The fourth-order valence-electron chi connectivity index (χ4n) is 3.60. The summed E-state index contributed by atoms with van der Waals surface area (Å²) in [7, 11) is 0. The Morgan fingerprint density at radius 1 is 1.30 bits per heavy atom. The van der Waals surface area contributed by atoms with Crippen LogP contribution in [0.5, 0.6) is 0 Å². The van der Waals surface area contributed by atoms with Crippen LogP contribution >= 0.6 is 23.1 Å². The van der Waals surface area contributed by atoms with E-state index in [1.807, 2.05) is 29.1 Å². The first-order chi connectivity index (χ1) is 14.7. The van der Waals surface area contributed by atoms with Crippen LogP contribution in [0.3, 0.4) is 0 Å². The fourth-order valence-corrected chi connectivity index (χ4v) is 5.09. The van der Waals surface area contributed by atoms with Crippen molar-refractivity contribution < 1.29 is 9.21 Å². The van der Waals surface area contributed by atoms with Gasteiger partial charge in [-0.15, -0.1) is 26.6 Å². The minimum Gasteiger partial charge on any atom is -0.418 e. The summed E-state index contributed by atoms with van der Waals surface area (Å²) in [5, 5.41) is 23.0. The molecule has 0 saturated heterocycles. The van der Waals surface area contributed by atoms with E-state index >= 15 is 0 Å². The van der Waals surface area contributed by atoms with Crippen molar-refractivity contribution in [3.63, 3.8) is 0 Å². The van der Waals surface area contributed by atoms with E-state index in [0.717, 1.165) is 24.1 Å². The van der Waals surface area contributed by atoms with Gasteiger partial charge in [0.2, 0.25) is 17.0 Å². The van der Waals surface area contributed by atoms with E-state index in [4.69, 9.17) is 4.42 Å². The van der Waals surface area contributed by atoms with Gasteiger partial charge in [0.25, 0.3) is 5.89 Å². The molecule has 0 unspecified atom stereocenters. The fraction of sp³-hybridized carbons (Fsp3) is 0.579. The molecule has 9 nitrogen and oxygen atoms in total. The van der Waals surface area contributed by atoms with Crippen LogP contribution in [0.2, 0.25) is 0 Å². The number of aromatic nitrogens is 6. The van der Waals surface area contributed by atoms with E-state index in [-0.39, 0.29) is 11.7 Å². The van der Waals surface area contributed by atoms with Crippen molar-refractivity contribution in [2.24, 2.45) is 0 Å². The molecule has 3 heterocycles. The zero-order valence-electron chi connectivity index (χ0n) is 16.9. The van der Waals surface area contributed by atoms with Crippen LogP contribution in [0.1, 0.15) is 57.4 Å². The molecule has 0 N–H and O–H groups in total. The maximum atomic E-state index is 12.9. The van der Waals surface area contributed by atoms with E-state index < -0.39 is 0 Å². The second kappa shape index (κ2) is 10.2. The average molecular weight is 448 g/mol. The van der Waals surface area contributed by atoms with Gasteiger partial charge in [0.05, 0.1) is 23.2 Å². The van der Waals surface area contributed by atoms with Crippen molar-refractivity contribution in [1.82, 2.24) is 35.3 Å². The summed E-state index contributed by atoms with van der Waals surface area (Å²) in [6, 6.07) is 4.21. The molecule has 0 aromatic carbocycles. The number of thiophene rings is 1. The summed E-state index contributed by atoms with van der Waals surface area (Å²) < 4.78 is 7.65. The maximum Gasteiger partial charge on any atom is 0.257 e. The Bertz CT molecular complexity index is 935. The minimum atomic E-state index is 0.0101. The van der Waals surface area contributed by atoms with Gasteiger partial charge in [0.1, 0.15) is 0 Å². The quantitative estimate of drug-likeness (QED) is 0.456. The number of thioether (sulfide) groups is 1. The average Bonchev–Trinajstić information content (AvgIpc) is 3.54. The summed E-state index contributed by atoms with van der Waals surface area (Å²) in [6.07, 6.45) is 6.72. The number of hydrogen-bond donors (Lipinski definition) is 0. The minimum absolute atomic E-state index is 0.0101. The van der Waals surface area contributed by atoms with Crippen LogP contribution in [0.25, 0.3) is 10.8 Å². The van der Waals surface area contributed by atoms with E-state index in [1.165, 1.54) is 31.0 Å². The first-order valence-corrected chi connectivity index (χ1v) is 12.2. The summed E-state index contributed by atoms with van der Waals surface area (Å²) >= 11 is 2.94. The summed E-state index contributed by atoms with van der Waals surface area (Å²) in [5.41, 5.74) is 0. The van der Waals surface area contributed by atoms with Gasteiger partial charge in [-0.25, -0.2) is 4.68 Å². The monoisotopic (exact) mass is 447 g/mol. The van der Waals surface area contributed by atoms with Crippen molar-refractivity contribution in [2.45, 2.75) is 63.2 Å². The van der Waals surface area contributed by atoms with E-state index in [1.54, 1.807) is 16.2 Å². The van der Waals surface area contributed by atoms with Gasteiger partial charge >= 0.3 is 0 Å². The molecule has 0 bridgehead atoms. The Balaban J connectivity index is 1.37. The standard InChI is InChI=1S/C19H25N7O2S2/c1-2-10-25(12-16-20-21-18(28-16)15-9-6-11-29-15)17(27)13-30-19-22-23-24-26(19)14-7-4-3-5-8-14/h6,9,11,14H,2-5,7-8,10,12-13H2,1H3. The lowest BCUT2D eigenvalue weighted by Gasteiger charge is -2.22. The highest BCUT2D eigenvalue weighted by Gasteiger charge is 2.23. The number of nitrogens with zero attached hydrogens (tertiary/aromatic N) is 7. The van der Waals surface area contributed by atoms with Crippen molar-refractivity contribution >= 4 is 29.0 Å². The van der Waals surface area contributed by atoms with Gasteiger partial charge in [0, 0.05) is 6.54 Å². The summed E-state index contributed by atoms with van der Waals surface area (Å²) in [5.74, 6) is 1.22. The summed E-state index contributed by atoms with van der Waals surface area (Å²) in [4.78, 5) is 15.6. The molecule has 30 heavy (non-hydrogen) atoms. The highest BCUT2D eigenvalue weighted by Crippen LogP contribution is 2.30. The van der Waals surface area contributed by atoms with Gasteiger partial charge in [-0.05, 0) is 41.1 Å². The lowest BCUT2D eigenvalue weighted by atomic mass is 9.96. The van der Waals surface area contributed by atoms with Crippen LogP contribution in [-0.2, 0) is 11.3 Å². The molecule has 0 aliphatic heterocycles. The number of rotatable bonds is 9. The Hall–Kier alpha value is -2.27. The molecule has 4 rings (SSSR count). The molecule has 160 valence electrons. The molecule has 3 aromatic rings. The van der Waals surface area contributed by atoms with Gasteiger partial charge in [-0.3, -0.25) is 4.79 Å². The molecule has 1 saturated carbocycles. The Morgan fingerprint density at radius 3 is 2.93 bits per heavy atom. The lowest BCUT2D eigenvalue weighted by molar-refractivity contribution is -0.129. The van der Waals surface area contributed by atoms with Crippen molar-refractivity contribution in [3.05, 3.63) is 23.4 Å². The van der Waals surface area contributed by atoms with Crippen LogP contribution in [0.15, 0.2) is 27.1 Å². The van der Waals surface area contributed by atoms with Gasteiger partial charge in [-0.1, -0.05) is 44.0 Å². The van der Waals surface area contributed by atoms with Crippen molar-refractivity contribution in [2.75, 3.05) is 12.3 Å². The molecule has 3 aromatic heterocycles. The van der Waals surface area contributed by atoms with Crippen LogP contribution < -0.4 is 0 Å². The number of amides is 1. The molecule has 11 heteroatoms. The largest absolute Gasteiger partial charge is 0.418 e. The highest BCUT2D eigenvalue weighted by molar-refractivity contribution is 7.99. The first-order valence-electron chi connectivity index (χ1n) is 10.3. The third kappa shape index (κ3) is 5.07. The Labute approximate surface area is 183 Å². The van der Waals surface area contributed by atoms with Crippen LogP contribution in [0.4, 0.5) is 0 Å². The van der Waals surface area contributed by atoms with E-state index in [2.05, 4.69) is 25.7 Å². The molecule has 1 amide bonds. The first kappa shape index (κ1) is 21.0. The number of carbonyl (C=O) groups is 1. The zero-order chi connectivity index (χ0) is 20.8. The predicted molar refractivity (Wildman–Crippen MR) is 114 cm³/mol. The molecule has 1 fully saturated rings. The second-order valence-corrected chi connectivity index (χ2v) is 9.17. The highest BCUT2D eigenvalue weighted by atomic mass is 32.2. The number of hydrogen-bond acceptors (Lipinski definition) is 9. The molecular weight excluding hydrogens is 422 g/mol. The van der Waals surface area contributed by atoms with Crippen LogP contribution in [-0.4, -0.2) is 53.5 Å². The summed E-state index contributed by atoms with van der Waals surface area (Å²) in [6.45, 7) is 2.98. The predicted octanol–water partition coefficient (Wildman–Crippen LogP) is 3.82. The van der Waals surface area contributed by atoms with Crippen molar-refractivity contribution in [1.29, 1.82) is 0 Å². The molecule has 0 radical (unpaired) electrons. The van der Waals surface area contributed by atoms with E-state index in [0.29, 0.717) is 36.1 Å². The smallest absolute Gasteiger partial charge is 0.257 e. The zero-order valence-corrected chi connectivity index (χ0v) is 18.6. The van der Waals surface area contributed by atoms with Gasteiger partial charge in [0.15, 0.2) is 0 Å². The van der Waals surface area contributed by atoms with Gasteiger partial charge in [-0.2, -0.15) is 0 Å².